The van der Waals surface area contributed by atoms with E-state index in [-0.39, 0.29) is 28.7 Å². The molecule has 0 saturated carbocycles. The largest absolute Gasteiger partial charge is 0.423 e. The summed E-state index contributed by atoms with van der Waals surface area (Å²) in [7, 11) is 0. The average Bonchev–Trinajstić information content (AvgIpc) is 2.76. The van der Waals surface area contributed by atoms with E-state index < -0.39 is 16.9 Å². The third kappa shape index (κ3) is 2.53. The molecule has 1 amide bonds. The number of nitrogens with one attached hydrogen (secondary N) is 1. The van der Waals surface area contributed by atoms with Gasteiger partial charge in [-0.05, 0) is 12.0 Å². The van der Waals surface area contributed by atoms with E-state index >= 15 is 0 Å². The van der Waals surface area contributed by atoms with Crippen molar-refractivity contribution in [1.29, 1.82) is 0 Å². The number of carbonyl (C=O) groups excluding carboxylic acids is 1. The molecule has 0 aliphatic rings. The first kappa shape index (κ1) is 13.8. The number of fused-ring (bicyclic) bond motifs is 1. The quantitative estimate of drug-likeness (QED) is 0.633. The molecule has 3 N–H and O–H groups in total. The lowest BCUT2D eigenvalue weighted by atomic mass is 10.0. The second-order valence-electron chi connectivity index (χ2n) is 4.67. The molecule has 0 bridgehead atoms. The number of non-ortho nitro benzene ring substituents is 1. The third-order valence-corrected chi connectivity index (χ3v) is 2.85. The van der Waals surface area contributed by atoms with E-state index in [9.17, 15) is 14.9 Å². The average molecular weight is 278 g/mol. The Balaban J connectivity index is 2.39. The zero-order valence-electron chi connectivity index (χ0n) is 11.0. The molecule has 8 heteroatoms. The van der Waals surface area contributed by atoms with Gasteiger partial charge in [0, 0.05) is 6.07 Å². The van der Waals surface area contributed by atoms with Crippen molar-refractivity contribution < 1.29 is 14.1 Å². The molecule has 1 atom stereocenters. The maximum absolute atomic E-state index is 11.3. The van der Waals surface area contributed by atoms with Crippen molar-refractivity contribution in [2.24, 2.45) is 11.7 Å². The summed E-state index contributed by atoms with van der Waals surface area (Å²) in [5.41, 5.74) is 5.53. The first-order valence-electron chi connectivity index (χ1n) is 6.00. The molecule has 2 aromatic rings. The molecule has 106 valence electrons. The van der Waals surface area contributed by atoms with Crippen molar-refractivity contribution in [3.63, 3.8) is 0 Å². The number of primary amides is 1. The van der Waals surface area contributed by atoms with Crippen LogP contribution in [0.2, 0.25) is 0 Å². The van der Waals surface area contributed by atoms with Crippen LogP contribution in [-0.2, 0) is 4.79 Å². The van der Waals surface area contributed by atoms with E-state index in [1.54, 1.807) is 6.07 Å². The number of aromatic nitrogens is 1. The van der Waals surface area contributed by atoms with E-state index in [4.69, 9.17) is 10.2 Å². The summed E-state index contributed by atoms with van der Waals surface area (Å²) in [6.45, 7) is 3.63. The molecule has 1 heterocycles. The van der Waals surface area contributed by atoms with E-state index in [0.717, 1.165) is 0 Å². The normalized spacial score (nSPS) is 12.6. The van der Waals surface area contributed by atoms with Gasteiger partial charge in [-0.25, -0.2) is 0 Å². The van der Waals surface area contributed by atoms with Crippen LogP contribution in [0.5, 0.6) is 0 Å². The molecule has 1 unspecified atom stereocenters. The number of benzene rings is 1. The molecule has 0 spiro atoms. The fourth-order valence-electron chi connectivity index (χ4n) is 1.84. The van der Waals surface area contributed by atoms with Gasteiger partial charge in [-0.3, -0.25) is 14.9 Å². The number of para-hydroxylation sites is 1. The van der Waals surface area contributed by atoms with Gasteiger partial charge in [-0.15, -0.1) is 0 Å². The summed E-state index contributed by atoms with van der Waals surface area (Å²) < 4.78 is 5.36. The standard InChI is InChI=1S/C12H14N4O4/c1-6(2)9(11(13)17)14-12-15-10-7(16(18)19)4-3-5-8(10)20-12/h3-6,9H,1-2H3,(H2,13,17)(H,14,15). The van der Waals surface area contributed by atoms with Crippen LogP contribution in [0.4, 0.5) is 11.7 Å². The van der Waals surface area contributed by atoms with Gasteiger partial charge in [0.2, 0.25) is 5.91 Å². The van der Waals surface area contributed by atoms with Crippen LogP contribution in [0.15, 0.2) is 22.6 Å². The van der Waals surface area contributed by atoms with Crippen molar-refractivity contribution in [3.05, 3.63) is 28.3 Å². The highest BCUT2D eigenvalue weighted by molar-refractivity contribution is 5.86. The van der Waals surface area contributed by atoms with Crippen molar-refractivity contribution in [3.8, 4) is 0 Å². The number of anilines is 1. The molecule has 1 aromatic carbocycles. The number of oxazole rings is 1. The Kier molecular flexibility index (Phi) is 3.55. The maximum Gasteiger partial charge on any atom is 0.298 e. The molecule has 1 aromatic heterocycles. The monoisotopic (exact) mass is 278 g/mol. The van der Waals surface area contributed by atoms with Gasteiger partial charge in [-0.2, -0.15) is 4.98 Å². The van der Waals surface area contributed by atoms with Crippen LogP contribution in [-0.4, -0.2) is 21.9 Å². The summed E-state index contributed by atoms with van der Waals surface area (Å²) in [5, 5.41) is 13.7. The zero-order valence-corrected chi connectivity index (χ0v) is 11.0. The summed E-state index contributed by atoms with van der Waals surface area (Å²) >= 11 is 0. The summed E-state index contributed by atoms with van der Waals surface area (Å²) in [6.07, 6.45) is 0. The number of nitro benzene ring substituents is 1. The molecular formula is C12H14N4O4. The van der Waals surface area contributed by atoms with Gasteiger partial charge < -0.3 is 15.5 Å². The molecule has 0 fully saturated rings. The summed E-state index contributed by atoms with van der Waals surface area (Å²) in [6, 6.07) is 3.77. The van der Waals surface area contributed by atoms with Gasteiger partial charge >= 0.3 is 0 Å². The second-order valence-corrected chi connectivity index (χ2v) is 4.67. The molecule has 20 heavy (non-hydrogen) atoms. The lowest BCUT2D eigenvalue weighted by Crippen LogP contribution is -2.39. The Labute approximate surface area is 114 Å². The van der Waals surface area contributed by atoms with Crippen molar-refractivity contribution in [1.82, 2.24) is 4.98 Å². The van der Waals surface area contributed by atoms with E-state index in [1.165, 1.54) is 12.1 Å². The molecule has 0 aliphatic carbocycles. The fraction of sp³-hybridized carbons (Fsp3) is 0.333. The minimum Gasteiger partial charge on any atom is -0.423 e. The number of nitrogens with zero attached hydrogens (tertiary/aromatic N) is 2. The number of carbonyl (C=O) groups is 1. The third-order valence-electron chi connectivity index (χ3n) is 2.85. The van der Waals surface area contributed by atoms with Crippen molar-refractivity contribution in [2.75, 3.05) is 5.32 Å². The molecule has 0 radical (unpaired) electrons. The van der Waals surface area contributed by atoms with Gasteiger partial charge in [-0.1, -0.05) is 19.9 Å². The minimum atomic E-state index is -0.665. The van der Waals surface area contributed by atoms with Crippen molar-refractivity contribution in [2.45, 2.75) is 19.9 Å². The number of amides is 1. The molecule has 8 nitrogen and oxygen atoms in total. The van der Waals surface area contributed by atoms with Crippen LogP contribution in [0.1, 0.15) is 13.8 Å². The van der Waals surface area contributed by atoms with E-state index in [1.807, 2.05) is 13.8 Å². The highest BCUT2D eigenvalue weighted by Crippen LogP contribution is 2.27. The van der Waals surface area contributed by atoms with Gasteiger partial charge in [0.1, 0.15) is 6.04 Å². The molecule has 2 rings (SSSR count). The molecule has 0 saturated heterocycles. The zero-order chi connectivity index (χ0) is 14.9. The number of nitro groups is 1. The second kappa shape index (κ2) is 5.16. The van der Waals surface area contributed by atoms with Crippen LogP contribution < -0.4 is 11.1 Å². The topological polar surface area (TPSA) is 124 Å². The highest BCUT2D eigenvalue weighted by Gasteiger charge is 2.23. The van der Waals surface area contributed by atoms with Crippen LogP contribution >= 0.6 is 0 Å². The first-order valence-corrected chi connectivity index (χ1v) is 6.00. The predicted molar refractivity (Wildman–Crippen MR) is 72.1 cm³/mol. The SMILES string of the molecule is CC(C)C(Nc1nc2c([N+](=O)[O-])cccc2o1)C(N)=O. The van der Waals surface area contributed by atoms with Gasteiger partial charge in [0.05, 0.1) is 4.92 Å². The van der Waals surface area contributed by atoms with Gasteiger partial charge in [0.25, 0.3) is 11.7 Å². The Bertz CT molecular complexity index is 665. The number of rotatable bonds is 5. The van der Waals surface area contributed by atoms with Crippen LogP contribution in [0.3, 0.4) is 0 Å². The highest BCUT2D eigenvalue weighted by atomic mass is 16.6. The predicted octanol–water partition coefficient (Wildman–Crippen LogP) is 1.66. The van der Waals surface area contributed by atoms with Gasteiger partial charge in [0.15, 0.2) is 11.1 Å². The number of hydrogen-bond donors (Lipinski definition) is 2. The first-order chi connectivity index (χ1) is 9.40. The van der Waals surface area contributed by atoms with Crippen LogP contribution in [0.25, 0.3) is 11.1 Å². The lowest BCUT2D eigenvalue weighted by Gasteiger charge is -2.17. The minimum absolute atomic E-state index is 0.0341. The van der Waals surface area contributed by atoms with Crippen LogP contribution in [0, 0.1) is 16.0 Å². The van der Waals surface area contributed by atoms with E-state index in [0.29, 0.717) is 0 Å². The smallest absolute Gasteiger partial charge is 0.298 e. The Hall–Kier alpha value is -2.64. The molecule has 0 aliphatic heterocycles. The van der Waals surface area contributed by atoms with E-state index in [2.05, 4.69) is 10.3 Å². The van der Waals surface area contributed by atoms with Crippen molar-refractivity contribution >= 4 is 28.7 Å². The fourth-order valence-corrected chi connectivity index (χ4v) is 1.84. The number of nitrogens with two attached hydrogens (primary N) is 1. The molecular weight excluding hydrogens is 264 g/mol. The number of hydrogen-bond acceptors (Lipinski definition) is 6. The lowest BCUT2D eigenvalue weighted by molar-refractivity contribution is -0.383. The Morgan fingerprint density at radius 2 is 2.20 bits per heavy atom. The maximum atomic E-state index is 11.3. The summed E-state index contributed by atoms with van der Waals surface area (Å²) in [5.74, 6) is -0.616. The Morgan fingerprint density at radius 3 is 2.75 bits per heavy atom. The summed E-state index contributed by atoms with van der Waals surface area (Å²) in [4.78, 5) is 25.7. The Morgan fingerprint density at radius 1 is 1.50 bits per heavy atom.